The van der Waals surface area contributed by atoms with Gasteiger partial charge in [-0.25, -0.2) is 9.97 Å². The zero-order chi connectivity index (χ0) is 21.8. The van der Waals surface area contributed by atoms with Crippen molar-refractivity contribution in [3.63, 3.8) is 0 Å². The van der Waals surface area contributed by atoms with Crippen molar-refractivity contribution >= 4 is 34.0 Å². The second-order valence-electron chi connectivity index (χ2n) is 7.13. The predicted molar refractivity (Wildman–Crippen MR) is 118 cm³/mol. The molecule has 5 rings (SSSR count). The molecule has 0 saturated carbocycles. The van der Waals surface area contributed by atoms with Crippen LogP contribution in [0.1, 0.15) is 12.8 Å². The van der Waals surface area contributed by atoms with Crippen LogP contribution < -0.4 is 14.8 Å². The molecule has 3 aromatic rings. The number of fused-ring (bicyclic) bond motifs is 2. The van der Waals surface area contributed by atoms with Gasteiger partial charge in [-0.1, -0.05) is 11.6 Å². The van der Waals surface area contributed by atoms with Gasteiger partial charge in [0.25, 0.3) is 0 Å². The van der Waals surface area contributed by atoms with Gasteiger partial charge in [0.2, 0.25) is 0 Å². The summed E-state index contributed by atoms with van der Waals surface area (Å²) in [6.07, 6.45) is 4.60. The zero-order valence-corrected chi connectivity index (χ0v) is 18.1. The van der Waals surface area contributed by atoms with Gasteiger partial charge in [0.15, 0.2) is 11.5 Å². The smallest absolute Gasteiger partial charge is 0.162 e. The number of hydrogen-bond acceptors (Lipinski definition) is 8. The lowest BCUT2D eigenvalue weighted by Crippen LogP contribution is -2.13. The molecule has 9 heteroatoms. The van der Waals surface area contributed by atoms with Crippen molar-refractivity contribution in [1.82, 2.24) is 9.97 Å². The van der Waals surface area contributed by atoms with Crippen molar-refractivity contribution in [3.8, 4) is 17.2 Å². The Hall–Kier alpha value is -2.81. The normalized spacial score (nSPS) is 19.5. The van der Waals surface area contributed by atoms with E-state index in [9.17, 15) is 5.11 Å². The number of hydrogen-bond donors (Lipinski definition) is 2. The summed E-state index contributed by atoms with van der Waals surface area (Å²) in [5.41, 5.74) is 1.41. The number of rotatable bonds is 4. The Morgan fingerprint density at radius 3 is 2.32 bits per heavy atom. The number of aromatic nitrogens is 2. The van der Waals surface area contributed by atoms with Crippen LogP contribution in [0.4, 0.5) is 11.5 Å². The van der Waals surface area contributed by atoms with Crippen LogP contribution in [-0.4, -0.2) is 54.7 Å². The predicted octanol–water partition coefficient (Wildman–Crippen LogP) is 4.31. The average molecular weight is 446 g/mol. The van der Waals surface area contributed by atoms with Crippen LogP contribution in [0, 0.1) is 0 Å². The van der Waals surface area contributed by atoms with Crippen molar-refractivity contribution in [1.29, 1.82) is 0 Å². The van der Waals surface area contributed by atoms with Gasteiger partial charge in [-0.3, -0.25) is 0 Å². The molecular formula is C22H24ClN3O5. The van der Waals surface area contributed by atoms with Crippen molar-refractivity contribution in [2.45, 2.75) is 25.0 Å². The van der Waals surface area contributed by atoms with E-state index in [1.807, 2.05) is 0 Å². The van der Waals surface area contributed by atoms with Gasteiger partial charge in [-0.15, -0.1) is 0 Å². The molecule has 0 unspecified atom stereocenters. The number of anilines is 2. The SMILES string of the molecule is C1C[C@H]2OCC[C@H]2O1.COc1cc2ncnc(Nc3ccc(O)c(Cl)c3)c2cc1OC. The van der Waals surface area contributed by atoms with Crippen molar-refractivity contribution in [2.24, 2.45) is 0 Å². The Bertz CT molecular complexity index is 1040. The maximum atomic E-state index is 9.49. The lowest BCUT2D eigenvalue weighted by molar-refractivity contribution is 0.0732. The number of aromatic hydroxyl groups is 1. The van der Waals surface area contributed by atoms with Crippen LogP contribution in [0.3, 0.4) is 0 Å². The fourth-order valence-electron chi connectivity index (χ4n) is 3.63. The van der Waals surface area contributed by atoms with Gasteiger partial charge in [0.1, 0.15) is 17.9 Å². The minimum absolute atomic E-state index is 0.0242. The number of ether oxygens (including phenoxy) is 4. The largest absolute Gasteiger partial charge is 0.506 e. The fraction of sp³-hybridized carbons (Fsp3) is 0.364. The van der Waals surface area contributed by atoms with Crippen molar-refractivity contribution in [2.75, 3.05) is 32.8 Å². The highest BCUT2D eigenvalue weighted by Crippen LogP contribution is 2.35. The second kappa shape index (κ2) is 9.55. The minimum Gasteiger partial charge on any atom is -0.506 e. The molecule has 2 aromatic carbocycles. The van der Waals surface area contributed by atoms with E-state index in [2.05, 4.69) is 15.3 Å². The first kappa shape index (κ1) is 21.4. The number of phenols is 1. The van der Waals surface area contributed by atoms with Crippen LogP contribution in [-0.2, 0) is 9.47 Å². The third-order valence-corrected chi connectivity index (χ3v) is 5.54. The molecule has 2 aliphatic heterocycles. The molecular weight excluding hydrogens is 422 g/mol. The fourth-order valence-corrected chi connectivity index (χ4v) is 3.81. The van der Waals surface area contributed by atoms with Gasteiger partial charge in [-0.05, 0) is 37.1 Å². The van der Waals surface area contributed by atoms with Gasteiger partial charge in [0.05, 0.1) is 37.0 Å². The summed E-state index contributed by atoms with van der Waals surface area (Å²) in [6, 6.07) is 8.42. The highest BCUT2D eigenvalue weighted by molar-refractivity contribution is 6.32. The Labute approximate surface area is 185 Å². The van der Waals surface area contributed by atoms with E-state index < -0.39 is 0 Å². The summed E-state index contributed by atoms with van der Waals surface area (Å²) in [7, 11) is 3.14. The van der Waals surface area contributed by atoms with E-state index >= 15 is 0 Å². The monoisotopic (exact) mass is 445 g/mol. The highest BCUT2D eigenvalue weighted by Gasteiger charge is 2.33. The minimum atomic E-state index is 0.0242. The van der Waals surface area contributed by atoms with Gasteiger partial charge >= 0.3 is 0 Å². The third kappa shape index (κ3) is 4.76. The molecule has 0 aliphatic carbocycles. The lowest BCUT2D eigenvalue weighted by atomic mass is 10.2. The first-order valence-electron chi connectivity index (χ1n) is 9.94. The summed E-state index contributed by atoms with van der Waals surface area (Å²) in [6.45, 7) is 1.82. The van der Waals surface area contributed by atoms with Crippen LogP contribution in [0.2, 0.25) is 5.02 Å². The van der Waals surface area contributed by atoms with Gasteiger partial charge in [0, 0.05) is 30.4 Å². The number of phenolic OH excluding ortho intramolecular Hbond substituents is 1. The van der Waals surface area contributed by atoms with Crippen molar-refractivity contribution in [3.05, 3.63) is 41.7 Å². The maximum Gasteiger partial charge on any atom is 0.162 e. The van der Waals surface area contributed by atoms with Gasteiger partial charge in [-0.2, -0.15) is 0 Å². The van der Waals surface area contributed by atoms with Crippen molar-refractivity contribution < 1.29 is 24.1 Å². The molecule has 164 valence electrons. The first-order valence-corrected chi connectivity index (χ1v) is 10.3. The molecule has 0 spiro atoms. The molecule has 2 aliphatic rings. The lowest BCUT2D eigenvalue weighted by Gasteiger charge is -2.12. The number of nitrogens with one attached hydrogen (secondary N) is 1. The zero-order valence-electron chi connectivity index (χ0n) is 17.3. The van der Waals surface area contributed by atoms with E-state index in [1.165, 1.54) is 12.4 Å². The summed E-state index contributed by atoms with van der Waals surface area (Å²) >= 11 is 5.93. The average Bonchev–Trinajstić information content (AvgIpc) is 3.41. The van der Waals surface area contributed by atoms with Crippen LogP contribution in [0.25, 0.3) is 10.9 Å². The van der Waals surface area contributed by atoms with E-state index in [-0.39, 0.29) is 10.8 Å². The van der Waals surface area contributed by atoms with E-state index in [4.69, 9.17) is 30.5 Å². The van der Waals surface area contributed by atoms with E-state index in [0.29, 0.717) is 40.7 Å². The molecule has 0 bridgehead atoms. The molecule has 0 amide bonds. The van der Waals surface area contributed by atoms with Gasteiger partial charge < -0.3 is 29.4 Å². The molecule has 2 saturated heterocycles. The summed E-state index contributed by atoms with van der Waals surface area (Å²) in [4.78, 5) is 8.51. The summed E-state index contributed by atoms with van der Waals surface area (Å²) in [5.74, 6) is 1.80. The number of halogens is 1. The Morgan fingerprint density at radius 1 is 1.00 bits per heavy atom. The quantitative estimate of drug-likeness (QED) is 0.573. The molecule has 2 atom stereocenters. The number of methoxy groups -OCH3 is 2. The second-order valence-corrected chi connectivity index (χ2v) is 7.54. The number of benzene rings is 2. The topological polar surface area (TPSA) is 95.0 Å². The molecule has 2 N–H and O–H groups in total. The maximum absolute atomic E-state index is 9.49. The first-order chi connectivity index (χ1) is 15.1. The number of nitrogens with zero attached hydrogens (tertiary/aromatic N) is 2. The van der Waals surface area contributed by atoms with Crippen LogP contribution >= 0.6 is 11.6 Å². The Kier molecular flexibility index (Phi) is 6.60. The molecule has 3 heterocycles. The summed E-state index contributed by atoms with van der Waals surface area (Å²) < 4.78 is 21.3. The van der Waals surface area contributed by atoms with E-state index in [0.717, 1.165) is 31.4 Å². The van der Waals surface area contributed by atoms with Crippen LogP contribution in [0.5, 0.6) is 17.2 Å². The summed E-state index contributed by atoms with van der Waals surface area (Å²) in [5, 5.41) is 13.7. The highest BCUT2D eigenvalue weighted by atomic mass is 35.5. The van der Waals surface area contributed by atoms with Crippen LogP contribution in [0.15, 0.2) is 36.7 Å². The molecule has 0 radical (unpaired) electrons. The Morgan fingerprint density at radius 2 is 1.68 bits per heavy atom. The molecule has 31 heavy (non-hydrogen) atoms. The molecule has 2 fully saturated rings. The molecule has 1 aromatic heterocycles. The third-order valence-electron chi connectivity index (χ3n) is 5.23. The molecule has 8 nitrogen and oxygen atoms in total. The standard InChI is InChI=1S/C16H14ClN3O3.C6H10O2/c1-22-14-6-10-12(7-15(14)23-2)18-8-19-16(10)20-9-3-4-13(21)11(17)5-9;1-3-7-6-2-4-8-5(1)6/h3-8,21H,1-2H3,(H,18,19,20);5-6H,1-4H2/t;5-,6-/m.1/s1. The Balaban J connectivity index is 0.000000239. The van der Waals surface area contributed by atoms with E-state index in [1.54, 1.807) is 38.5 Å².